The maximum Gasteiger partial charge on any atom is 0.205 e. The first kappa shape index (κ1) is 12.9. The minimum atomic E-state index is -3.44. The molecule has 102 valence electrons. The molecule has 20 heavy (non-hydrogen) atoms. The predicted molar refractivity (Wildman–Crippen MR) is 76.6 cm³/mol. The number of rotatable bonds is 3. The molecular formula is C16H14O3S. The second-order valence-electron chi connectivity index (χ2n) is 4.64. The van der Waals surface area contributed by atoms with E-state index in [1.54, 1.807) is 30.3 Å². The highest BCUT2D eigenvalue weighted by molar-refractivity contribution is 7.95. The van der Waals surface area contributed by atoms with Crippen LogP contribution in [-0.4, -0.2) is 8.42 Å². The lowest BCUT2D eigenvalue weighted by Gasteiger charge is -2.10. The molecular weight excluding hydrogens is 272 g/mol. The Bertz CT molecular complexity index is 719. The predicted octanol–water partition coefficient (Wildman–Crippen LogP) is 3.46. The van der Waals surface area contributed by atoms with Crippen molar-refractivity contribution in [2.75, 3.05) is 0 Å². The SMILES string of the molecule is O=S(=O)(C1=COC(c2ccccc2)C1)c1ccccc1. The molecule has 0 spiro atoms. The third-order valence-electron chi connectivity index (χ3n) is 3.32. The average Bonchev–Trinajstić information content (AvgIpc) is 3.00. The summed E-state index contributed by atoms with van der Waals surface area (Å²) < 4.78 is 30.4. The Labute approximate surface area is 118 Å². The van der Waals surface area contributed by atoms with Gasteiger partial charge < -0.3 is 4.74 Å². The summed E-state index contributed by atoms with van der Waals surface area (Å²) in [5, 5.41) is 0. The molecule has 0 amide bonds. The van der Waals surface area contributed by atoms with E-state index in [2.05, 4.69) is 0 Å². The summed E-state index contributed by atoms with van der Waals surface area (Å²) in [5.74, 6) is 0. The van der Waals surface area contributed by atoms with E-state index in [4.69, 9.17) is 4.74 Å². The quantitative estimate of drug-likeness (QED) is 0.867. The first-order chi connectivity index (χ1) is 9.68. The summed E-state index contributed by atoms with van der Waals surface area (Å²) in [7, 11) is -3.44. The van der Waals surface area contributed by atoms with Crippen molar-refractivity contribution in [3.05, 3.63) is 77.4 Å². The maximum absolute atomic E-state index is 12.5. The second-order valence-corrected chi connectivity index (χ2v) is 6.64. The van der Waals surface area contributed by atoms with Gasteiger partial charge in [0.15, 0.2) is 0 Å². The van der Waals surface area contributed by atoms with E-state index >= 15 is 0 Å². The maximum atomic E-state index is 12.5. The van der Waals surface area contributed by atoms with Crippen molar-refractivity contribution in [2.45, 2.75) is 17.4 Å². The summed E-state index contributed by atoms with van der Waals surface area (Å²) in [6, 6.07) is 18.1. The second kappa shape index (κ2) is 5.13. The Hall–Kier alpha value is -2.07. The van der Waals surface area contributed by atoms with Gasteiger partial charge in [0, 0.05) is 6.42 Å². The van der Waals surface area contributed by atoms with Gasteiger partial charge in [-0.3, -0.25) is 0 Å². The molecule has 0 bridgehead atoms. The van der Waals surface area contributed by atoms with Gasteiger partial charge in [-0.05, 0) is 17.7 Å². The van der Waals surface area contributed by atoms with Crippen LogP contribution in [0.15, 0.2) is 76.7 Å². The molecule has 0 saturated heterocycles. The standard InChI is InChI=1S/C16H14O3S/c17-20(18,14-9-5-2-6-10-14)15-11-16(19-12-15)13-7-3-1-4-8-13/h1-10,12,16H,11H2. The van der Waals surface area contributed by atoms with Crippen LogP contribution >= 0.6 is 0 Å². The lowest BCUT2D eigenvalue weighted by Crippen LogP contribution is -2.04. The van der Waals surface area contributed by atoms with Gasteiger partial charge in [0.2, 0.25) is 9.84 Å². The van der Waals surface area contributed by atoms with E-state index in [0.29, 0.717) is 16.2 Å². The van der Waals surface area contributed by atoms with Crippen LogP contribution in [0.5, 0.6) is 0 Å². The summed E-state index contributed by atoms with van der Waals surface area (Å²) in [6.45, 7) is 0. The largest absolute Gasteiger partial charge is 0.492 e. The van der Waals surface area contributed by atoms with Gasteiger partial charge in [-0.1, -0.05) is 48.5 Å². The smallest absolute Gasteiger partial charge is 0.205 e. The fraction of sp³-hybridized carbons (Fsp3) is 0.125. The fourth-order valence-corrected chi connectivity index (χ4v) is 3.60. The Morgan fingerprint density at radius 2 is 1.50 bits per heavy atom. The molecule has 1 heterocycles. The van der Waals surface area contributed by atoms with Crippen LogP contribution < -0.4 is 0 Å². The molecule has 0 fully saturated rings. The van der Waals surface area contributed by atoms with E-state index in [0.717, 1.165) is 5.56 Å². The molecule has 1 aliphatic heterocycles. The Kier molecular flexibility index (Phi) is 3.32. The number of hydrogen-bond donors (Lipinski definition) is 0. The van der Waals surface area contributed by atoms with Gasteiger partial charge in [-0.15, -0.1) is 0 Å². The molecule has 0 N–H and O–H groups in total. The molecule has 2 aromatic rings. The first-order valence-electron chi connectivity index (χ1n) is 6.37. The first-order valence-corrected chi connectivity index (χ1v) is 7.86. The van der Waals surface area contributed by atoms with Crippen LogP contribution in [0.4, 0.5) is 0 Å². The molecule has 0 aromatic heterocycles. The molecule has 0 saturated carbocycles. The topological polar surface area (TPSA) is 43.4 Å². The van der Waals surface area contributed by atoms with Gasteiger partial charge in [0.25, 0.3) is 0 Å². The minimum absolute atomic E-state index is 0.218. The lowest BCUT2D eigenvalue weighted by molar-refractivity contribution is 0.173. The molecule has 4 heteroatoms. The molecule has 1 atom stereocenters. The van der Waals surface area contributed by atoms with Crippen molar-refractivity contribution in [1.82, 2.24) is 0 Å². The zero-order valence-electron chi connectivity index (χ0n) is 10.8. The van der Waals surface area contributed by atoms with Crippen molar-refractivity contribution >= 4 is 9.84 Å². The fourth-order valence-electron chi connectivity index (χ4n) is 2.23. The molecule has 1 aliphatic rings. The van der Waals surface area contributed by atoms with E-state index in [1.807, 2.05) is 30.3 Å². The van der Waals surface area contributed by atoms with Crippen LogP contribution in [0.25, 0.3) is 0 Å². The molecule has 3 nitrogen and oxygen atoms in total. The molecule has 3 rings (SSSR count). The Morgan fingerprint density at radius 3 is 2.15 bits per heavy atom. The van der Waals surface area contributed by atoms with Gasteiger partial charge in [0.1, 0.15) is 6.10 Å². The third kappa shape index (κ3) is 2.34. The van der Waals surface area contributed by atoms with Crippen molar-refractivity contribution in [3.63, 3.8) is 0 Å². The van der Waals surface area contributed by atoms with Gasteiger partial charge >= 0.3 is 0 Å². The zero-order chi connectivity index (χ0) is 14.0. The lowest BCUT2D eigenvalue weighted by atomic mass is 10.1. The molecule has 0 radical (unpaired) electrons. The highest BCUT2D eigenvalue weighted by Gasteiger charge is 2.30. The van der Waals surface area contributed by atoms with Crippen molar-refractivity contribution < 1.29 is 13.2 Å². The van der Waals surface area contributed by atoms with Crippen LogP contribution in [0.3, 0.4) is 0 Å². The summed E-state index contributed by atoms with van der Waals surface area (Å²) in [4.78, 5) is 0.640. The summed E-state index contributed by atoms with van der Waals surface area (Å²) in [5.41, 5.74) is 0.988. The number of sulfone groups is 1. The summed E-state index contributed by atoms with van der Waals surface area (Å²) in [6.07, 6.45) is 1.53. The van der Waals surface area contributed by atoms with Crippen molar-refractivity contribution in [3.8, 4) is 0 Å². The molecule has 0 aliphatic carbocycles. The monoisotopic (exact) mass is 286 g/mol. The highest BCUT2D eigenvalue weighted by Crippen LogP contribution is 2.36. The van der Waals surface area contributed by atoms with Crippen LogP contribution in [0.2, 0.25) is 0 Å². The van der Waals surface area contributed by atoms with E-state index in [-0.39, 0.29) is 6.10 Å². The summed E-state index contributed by atoms with van der Waals surface area (Å²) >= 11 is 0. The third-order valence-corrected chi connectivity index (χ3v) is 5.17. The van der Waals surface area contributed by atoms with Crippen LogP contribution in [0, 0.1) is 0 Å². The van der Waals surface area contributed by atoms with E-state index < -0.39 is 9.84 Å². The number of benzene rings is 2. The van der Waals surface area contributed by atoms with E-state index in [1.165, 1.54) is 6.26 Å². The van der Waals surface area contributed by atoms with Crippen molar-refractivity contribution in [1.29, 1.82) is 0 Å². The van der Waals surface area contributed by atoms with Gasteiger partial charge in [0.05, 0.1) is 16.1 Å². The highest BCUT2D eigenvalue weighted by atomic mass is 32.2. The number of ether oxygens (including phenoxy) is 1. The molecule has 2 aromatic carbocycles. The number of hydrogen-bond acceptors (Lipinski definition) is 3. The van der Waals surface area contributed by atoms with Gasteiger partial charge in [-0.2, -0.15) is 0 Å². The normalized spacial score (nSPS) is 18.4. The van der Waals surface area contributed by atoms with Crippen LogP contribution in [-0.2, 0) is 14.6 Å². The van der Waals surface area contributed by atoms with Crippen molar-refractivity contribution in [2.24, 2.45) is 0 Å². The Balaban J connectivity index is 1.84. The van der Waals surface area contributed by atoms with E-state index in [9.17, 15) is 8.42 Å². The zero-order valence-corrected chi connectivity index (χ0v) is 11.6. The minimum Gasteiger partial charge on any atom is -0.492 e. The Morgan fingerprint density at radius 1 is 0.900 bits per heavy atom. The average molecular weight is 286 g/mol. The van der Waals surface area contributed by atoms with Crippen LogP contribution in [0.1, 0.15) is 18.1 Å². The molecule has 1 unspecified atom stereocenters. The van der Waals surface area contributed by atoms with Gasteiger partial charge in [-0.25, -0.2) is 8.42 Å².